The minimum Gasteiger partial charge on any atom is -0.311 e. The maximum Gasteiger partial charge on any atom is 0.0409 e. The summed E-state index contributed by atoms with van der Waals surface area (Å²) in [6, 6.07) is 9.95. The van der Waals surface area contributed by atoms with Crippen LogP contribution < -0.4 is 5.32 Å². The van der Waals surface area contributed by atoms with Crippen LogP contribution in [0.3, 0.4) is 0 Å². The number of hydrogen-bond acceptors (Lipinski definition) is 2. The number of piperazine rings is 1. The molecule has 1 aromatic carbocycles. The molecule has 1 N–H and O–H groups in total. The molecule has 4 unspecified atom stereocenters. The van der Waals surface area contributed by atoms with Crippen LogP contribution in [0.2, 0.25) is 5.02 Å². The highest BCUT2D eigenvalue weighted by atomic mass is 35.5. The number of nitrogens with zero attached hydrogens (tertiary/aromatic N) is 1. The summed E-state index contributed by atoms with van der Waals surface area (Å²) >= 11 is 6.17. The quantitative estimate of drug-likeness (QED) is 0.861. The second kappa shape index (κ2) is 7.62. The van der Waals surface area contributed by atoms with Gasteiger partial charge in [0.1, 0.15) is 0 Å². The van der Waals surface area contributed by atoms with Gasteiger partial charge in [0.05, 0.1) is 0 Å². The zero-order valence-electron chi connectivity index (χ0n) is 13.8. The molecule has 0 radical (unpaired) electrons. The molecule has 0 amide bonds. The zero-order chi connectivity index (χ0) is 15.4. The van der Waals surface area contributed by atoms with Crippen LogP contribution in [-0.2, 0) is 0 Å². The van der Waals surface area contributed by atoms with Gasteiger partial charge in [-0.3, -0.25) is 4.90 Å². The smallest absolute Gasteiger partial charge is 0.0409 e. The second-order valence-electron chi connectivity index (χ2n) is 6.39. The second-order valence-corrected chi connectivity index (χ2v) is 6.83. The van der Waals surface area contributed by atoms with Gasteiger partial charge in [0, 0.05) is 36.2 Å². The topological polar surface area (TPSA) is 15.3 Å². The largest absolute Gasteiger partial charge is 0.311 e. The Kier molecular flexibility index (Phi) is 6.09. The molecule has 3 heteroatoms. The van der Waals surface area contributed by atoms with Crippen molar-refractivity contribution in [2.75, 3.05) is 13.1 Å². The fourth-order valence-electron chi connectivity index (χ4n) is 3.32. The Morgan fingerprint density at radius 1 is 1.33 bits per heavy atom. The molecule has 0 spiro atoms. The number of benzene rings is 1. The van der Waals surface area contributed by atoms with Crippen LogP contribution in [0.5, 0.6) is 0 Å². The van der Waals surface area contributed by atoms with Crippen molar-refractivity contribution in [3.8, 4) is 0 Å². The van der Waals surface area contributed by atoms with Gasteiger partial charge in [-0.15, -0.1) is 0 Å². The first kappa shape index (κ1) is 16.8. The van der Waals surface area contributed by atoms with E-state index in [1.54, 1.807) is 0 Å². The molecule has 1 aromatic rings. The standard InChI is InChI=1S/C18H29ClN2/c1-5-13(3)18-12-21(17(6-2)11-20-18)14(4)15-8-7-9-16(19)10-15/h7-10,13-14,17-18,20H,5-6,11-12H2,1-4H3. The third-order valence-electron chi connectivity index (χ3n) is 5.12. The zero-order valence-corrected chi connectivity index (χ0v) is 14.5. The lowest BCUT2D eigenvalue weighted by Gasteiger charge is -2.45. The number of nitrogens with one attached hydrogen (secondary N) is 1. The Morgan fingerprint density at radius 3 is 2.71 bits per heavy atom. The van der Waals surface area contributed by atoms with Crippen LogP contribution in [0.25, 0.3) is 0 Å². The highest BCUT2D eigenvalue weighted by Crippen LogP contribution is 2.28. The number of hydrogen-bond donors (Lipinski definition) is 1. The molecular formula is C18H29ClN2. The average Bonchev–Trinajstić information content (AvgIpc) is 2.52. The van der Waals surface area contributed by atoms with Crippen molar-refractivity contribution >= 4 is 11.6 Å². The molecule has 21 heavy (non-hydrogen) atoms. The molecule has 1 heterocycles. The average molecular weight is 309 g/mol. The highest BCUT2D eigenvalue weighted by Gasteiger charge is 2.32. The molecular weight excluding hydrogens is 280 g/mol. The van der Waals surface area contributed by atoms with Crippen LogP contribution in [0, 0.1) is 5.92 Å². The van der Waals surface area contributed by atoms with E-state index in [0.717, 1.165) is 24.0 Å². The van der Waals surface area contributed by atoms with Gasteiger partial charge in [0.15, 0.2) is 0 Å². The Labute approximate surface area is 134 Å². The van der Waals surface area contributed by atoms with Crippen molar-refractivity contribution in [1.29, 1.82) is 0 Å². The summed E-state index contributed by atoms with van der Waals surface area (Å²) in [6.45, 7) is 11.5. The van der Waals surface area contributed by atoms with Gasteiger partial charge in [-0.1, -0.05) is 50.9 Å². The van der Waals surface area contributed by atoms with Gasteiger partial charge in [-0.25, -0.2) is 0 Å². The molecule has 2 rings (SSSR count). The summed E-state index contributed by atoms with van der Waals surface area (Å²) in [5.74, 6) is 0.719. The summed E-state index contributed by atoms with van der Waals surface area (Å²) < 4.78 is 0. The van der Waals surface area contributed by atoms with Gasteiger partial charge in [-0.2, -0.15) is 0 Å². The minimum absolute atomic E-state index is 0.419. The van der Waals surface area contributed by atoms with Crippen molar-refractivity contribution in [1.82, 2.24) is 10.2 Å². The summed E-state index contributed by atoms with van der Waals surface area (Å²) in [5, 5.41) is 4.59. The summed E-state index contributed by atoms with van der Waals surface area (Å²) in [4.78, 5) is 2.67. The van der Waals surface area contributed by atoms with Gasteiger partial charge in [-0.05, 0) is 37.0 Å². The van der Waals surface area contributed by atoms with E-state index in [1.165, 1.54) is 18.4 Å². The van der Waals surface area contributed by atoms with Crippen molar-refractivity contribution in [3.63, 3.8) is 0 Å². The Hall–Kier alpha value is -0.570. The van der Waals surface area contributed by atoms with E-state index in [1.807, 2.05) is 6.07 Å². The Morgan fingerprint density at radius 2 is 2.10 bits per heavy atom. The van der Waals surface area contributed by atoms with E-state index in [9.17, 15) is 0 Å². The van der Waals surface area contributed by atoms with Crippen LogP contribution in [0.4, 0.5) is 0 Å². The number of rotatable bonds is 5. The molecule has 2 nitrogen and oxygen atoms in total. The molecule has 1 aliphatic rings. The van der Waals surface area contributed by atoms with E-state index in [4.69, 9.17) is 11.6 Å². The molecule has 118 valence electrons. The summed E-state index contributed by atoms with van der Waals surface area (Å²) in [6.07, 6.45) is 2.42. The minimum atomic E-state index is 0.419. The SMILES string of the molecule is CCC(C)C1CN(C(C)c2cccc(Cl)c2)C(CC)CN1. The van der Waals surface area contributed by atoms with E-state index in [-0.39, 0.29) is 0 Å². The summed E-state index contributed by atoms with van der Waals surface area (Å²) in [7, 11) is 0. The maximum atomic E-state index is 6.17. The molecule has 1 aliphatic heterocycles. The van der Waals surface area contributed by atoms with Crippen LogP contribution in [0.15, 0.2) is 24.3 Å². The van der Waals surface area contributed by atoms with Gasteiger partial charge >= 0.3 is 0 Å². The van der Waals surface area contributed by atoms with Gasteiger partial charge in [0.2, 0.25) is 0 Å². The normalized spacial score (nSPS) is 26.5. The molecule has 1 saturated heterocycles. The lowest BCUT2D eigenvalue weighted by atomic mass is 9.92. The van der Waals surface area contributed by atoms with Crippen LogP contribution >= 0.6 is 11.6 Å². The van der Waals surface area contributed by atoms with E-state index in [2.05, 4.69) is 56.1 Å². The first-order valence-electron chi connectivity index (χ1n) is 8.31. The molecule has 0 aliphatic carbocycles. The lowest BCUT2D eigenvalue weighted by molar-refractivity contribution is 0.0706. The summed E-state index contributed by atoms with van der Waals surface area (Å²) in [5.41, 5.74) is 1.32. The number of halogens is 1. The molecule has 0 aromatic heterocycles. The van der Waals surface area contributed by atoms with Crippen molar-refractivity contribution in [3.05, 3.63) is 34.9 Å². The Balaban J connectivity index is 2.16. The first-order chi connectivity index (χ1) is 10.1. The van der Waals surface area contributed by atoms with Gasteiger partial charge in [0.25, 0.3) is 0 Å². The first-order valence-corrected chi connectivity index (χ1v) is 8.69. The van der Waals surface area contributed by atoms with Crippen molar-refractivity contribution < 1.29 is 0 Å². The fraction of sp³-hybridized carbons (Fsp3) is 0.667. The monoisotopic (exact) mass is 308 g/mol. The molecule has 1 fully saturated rings. The molecule has 4 atom stereocenters. The Bertz CT molecular complexity index is 449. The van der Waals surface area contributed by atoms with Gasteiger partial charge < -0.3 is 5.32 Å². The van der Waals surface area contributed by atoms with E-state index < -0.39 is 0 Å². The van der Waals surface area contributed by atoms with E-state index in [0.29, 0.717) is 18.1 Å². The van der Waals surface area contributed by atoms with E-state index >= 15 is 0 Å². The van der Waals surface area contributed by atoms with Crippen molar-refractivity contribution in [2.45, 2.75) is 58.7 Å². The van der Waals surface area contributed by atoms with Crippen LogP contribution in [-0.4, -0.2) is 30.1 Å². The molecule has 0 bridgehead atoms. The maximum absolute atomic E-state index is 6.17. The molecule has 0 saturated carbocycles. The fourth-order valence-corrected chi connectivity index (χ4v) is 3.52. The van der Waals surface area contributed by atoms with Crippen LogP contribution in [0.1, 0.15) is 52.1 Å². The third kappa shape index (κ3) is 4.00. The highest BCUT2D eigenvalue weighted by molar-refractivity contribution is 6.30. The lowest BCUT2D eigenvalue weighted by Crippen LogP contribution is -2.58. The predicted molar refractivity (Wildman–Crippen MR) is 91.9 cm³/mol. The third-order valence-corrected chi connectivity index (χ3v) is 5.36. The van der Waals surface area contributed by atoms with Crippen molar-refractivity contribution in [2.24, 2.45) is 5.92 Å². The predicted octanol–water partition coefficient (Wildman–Crippen LogP) is 4.50.